The van der Waals surface area contributed by atoms with Crippen molar-refractivity contribution in [2.45, 2.75) is 6.92 Å². The van der Waals surface area contributed by atoms with Gasteiger partial charge in [0.1, 0.15) is 22.3 Å². The first-order valence-electron chi connectivity index (χ1n) is 5.56. The quantitative estimate of drug-likeness (QED) is 0.737. The molecule has 0 radical (unpaired) electrons. The summed E-state index contributed by atoms with van der Waals surface area (Å²) in [6.45, 7) is 1.77. The Hall–Kier alpha value is -2.14. The molecule has 98 valence electrons. The number of aromatic hydroxyl groups is 2. The van der Waals surface area contributed by atoms with Gasteiger partial charge in [0.2, 0.25) is 0 Å². The summed E-state index contributed by atoms with van der Waals surface area (Å²) in [5.74, 6) is -0.545. The van der Waals surface area contributed by atoms with E-state index in [4.69, 9.17) is 12.2 Å². The van der Waals surface area contributed by atoms with Crippen molar-refractivity contribution >= 4 is 22.9 Å². The van der Waals surface area contributed by atoms with Crippen LogP contribution in [0.2, 0.25) is 0 Å². The molecule has 19 heavy (non-hydrogen) atoms. The maximum absolute atomic E-state index is 13.2. The maximum Gasteiger partial charge on any atom is 0.129 e. The van der Waals surface area contributed by atoms with Crippen LogP contribution in [0.1, 0.15) is 11.1 Å². The summed E-state index contributed by atoms with van der Waals surface area (Å²) < 4.78 is 13.2. The lowest BCUT2D eigenvalue weighted by Gasteiger charge is -2.10. The molecule has 3 N–H and O–H groups in total. The molecule has 2 aromatic rings. The summed E-state index contributed by atoms with van der Waals surface area (Å²) in [5.41, 5.74) is 1.64. The molecule has 0 unspecified atom stereocenters. The average molecular weight is 277 g/mol. The van der Waals surface area contributed by atoms with Crippen LogP contribution in [0, 0.1) is 12.7 Å². The van der Waals surface area contributed by atoms with Gasteiger partial charge >= 0.3 is 0 Å². The Morgan fingerprint density at radius 1 is 1.16 bits per heavy atom. The summed E-state index contributed by atoms with van der Waals surface area (Å²) in [6.07, 6.45) is 0. The van der Waals surface area contributed by atoms with Crippen LogP contribution < -0.4 is 5.32 Å². The van der Waals surface area contributed by atoms with Crippen LogP contribution in [0.15, 0.2) is 36.4 Å². The summed E-state index contributed by atoms with van der Waals surface area (Å²) in [7, 11) is 0. The van der Waals surface area contributed by atoms with E-state index in [0.29, 0.717) is 11.3 Å². The fourth-order valence-electron chi connectivity index (χ4n) is 1.72. The topological polar surface area (TPSA) is 52.5 Å². The van der Waals surface area contributed by atoms with Crippen molar-refractivity contribution in [2.24, 2.45) is 0 Å². The summed E-state index contributed by atoms with van der Waals surface area (Å²) >= 11 is 5.14. The molecule has 0 spiro atoms. The molecule has 3 nitrogen and oxygen atoms in total. The maximum atomic E-state index is 13.2. The van der Waals surface area contributed by atoms with E-state index in [1.165, 1.54) is 30.3 Å². The molecule has 0 atom stereocenters. The van der Waals surface area contributed by atoms with Gasteiger partial charge in [-0.25, -0.2) is 4.39 Å². The molecule has 0 fully saturated rings. The Bertz CT molecular complexity index is 623. The Balaban J connectivity index is 2.25. The molecular weight excluding hydrogens is 265 g/mol. The van der Waals surface area contributed by atoms with Crippen LogP contribution in [0.4, 0.5) is 10.1 Å². The highest BCUT2D eigenvalue weighted by Crippen LogP contribution is 2.24. The lowest BCUT2D eigenvalue weighted by atomic mass is 10.1. The van der Waals surface area contributed by atoms with Crippen molar-refractivity contribution in [1.29, 1.82) is 0 Å². The van der Waals surface area contributed by atoms with Crippen LogP contribution in [0.25, 0.3) is 0 Å². The van der Waals surface area contributed by atoms with Crippen molar-refractivity contribution in [3.8, 4) is 11.5 Å². The Morgan fingerprint density at radius 3 is 2.53 bits per heavy atom. The van der Waals surface area contributed by atoms with E-state index in [9.17, 15) is 14.6 Å². The first-order valence-corrected chi connectivity index (χ1v) is 5.97. The monoisotopic (exact) mass is 277 g/mol. The standard InChI is InChI=1S/C14H12FNO2S/c1-8-4-9(15)6-10(5-8)16-14(19)12-3-2-11(17)7-13(12)18/h2-7,17-18H,1H3,(H,16,19). The van der Waals surface area contributed by atoms with E-state index in [1.54, 1.807) is 13.0 Å². The number of rotatable bonds is 2. The smallest absolute Gasteiger partial charge is 0.129 e. The Kier molecular flexibility index (Phi) is 3.66. The van der Waals surface area contributed by atoms with Crippen LogP contribution in [-0.4, -0.2) is 15.2 Å². The Morgan fingerprint density at radius 2 is 1.89 bits per heavy atom. The molecule has 0 amide bonds. The fraction of sp³-hybridized carbons (Fsp3) is 0.0714. The molecule has 0 bridgehead atoms. The lowest BCUT2D eigenvalue weighted by molar-refractivity contribution is 0.450. The summed E-state index contributed by atoms with van der Waals surface area (Å²) in [5, 5.41) is 21.7. The third-order valence-electron chi connectivity index (χ3n) is 2.53. The minimum absolute atomic E-state index is 0.0503. The van der Waals surface area contributed by atoms with Crippen molar-refractivity contribution < 1.29 is 14.6 Å². The number of benzene rings is 2. The molecule has 0 saturated carbocycles. The van der Waals surface area contributed by atoms with Gasteiger partial charge in [0.05, 0.1) is 5.56 Å². The zero-order valence-corrected chi connectivity index (χ0v) is 11.0. The minimum Gasteiger partial charge on any atom is -0.508 e. The van der Waals surface area contributed by atoms with Crippen molar-refractivity contribution in [3.05, 3.63) is 53.3 Å². The zero-order chi connectivity index (χ0) is 14.0. The lowest BCUT2D eigenvalue weighted by Crippen LogP contribution is -2.11. The van der Waals surface area contributed by atoms with Crippen LogP contribution in [0.5, 0.6) is 11.5 Å². The highest BCUT2D eigenvalue weighted by Gasteiger charge is 2.09. The second kappa shape index (κ2) is 5.24. The third kappa shape index (κ3) is 3.20. The molecule has 0 saturated heterocycles. The summed E-state index contributed by atoms with van der Waals surface area (Å²) in [6, 6.07) is 8.57. The van der Waals surface area contributed by atoms with Gasteiger partial charge in [-0.05, 0) is 42.8 Å². The van der Waals surface area contributed by atoms with Crippen LogP contribution in [-0.2, 0) is 0 Å². The number of halogens is 1. The number of nitrogens with one attached hydrogen (secondary N) is 1. The van der Waals surface area contributed by atoms with Crippen molar-refractivity contribution in [3.63, 3.8) is 0 Å². The minimum atomic E-state index is -0.361. The molecule has 0 heterocycles. The van der Waals surface area contributed by atoms with Crippen molar-refractivity contribution in [1.82, 2.24) is 0 Å². The fourth-order valence-corrected chi connectivity index (χ4v) is 2.01. The number of aryl methyl sites for hydroxylation is 1. The van der Waals surface area contributed by atoms with E-state index in [2.05, 4.69) is 5.32 Å². The van der Waals surface area contributed by atoms with Gasteiger partial charge in [0.25, 0.3) is 0 Å². The molecule has 0 aromatic heterocycles. The zero-order valence-electron chi connectivity index (χ0n) is 10.1. The number of hydrogen-bond donors (Lipinski definition) is 3. The van der Waals surface area contributed by atoms with Gasteiger partial charge < -0.3 is 15.5 Å². The average Bonchev–Trinajstić information content (AvgIpc) is 2.26. The number of phenolic OH excluding ortho intramolecular Hbond substituents is 2. The van der Waals surface area contributed by atoms with Gasteiger partial charge in [0.15, 0.2) is 0 Å². The molecule has 0 aliphatic heterocycles. The number of anilines is 1. The first-order chi connectivity index (χ1) is 8.95. The number of thiocarbonyl (C=S) groups is 1. The van der Waals surface area contributed by atoms with Gasteiger partial charge in [-0.15, -0.1) is 0 Å². The van der Waals surface area contributed by atoms with E-state index >= 15 is 0 Å². The SMILES string of the molecule is Cc1cc(F)cc(NC(=S)c2ccc(O)cc2O)c1. The van der Waals surface area contributed by atoms with Crippen LogP contribution >= 0.6 is 12.2 Å². The number of hydrogen-bond acceptors (Lipinski definition) is 3. The predicted molar refractivity (Wildman–Crippen MR) is 76.2 cm³/mol. The largest absolute Gasteiger partial charge is 0.508 e. The first kappa shape index (κ1) is 13.3. The normalized spacial score (nSPS) is 10.2. The molecule has 2 aromatic carbocycles. The number of phenols is 2. The second-order valence-corrected chi connectivity index (χ2v) is 4.58. The molecule has 5 heteroatoms. The molecule has 0 aliphatic carbocycles. The van der Waals surface area contributed by atoms with E-state index < -0.39 is 0 Å². The van der Waals surface area contributed by atoms with Crippen LogP contribution in [0.3, 0.4) is 0 Å². The van der Waals surface area contributed by atoms with Gasteiger partial charge in [-0.1, -0.05) is 12.2 Å². The van der Waals surface area contributed by atoms with E-state index in [-0.39, 0.29) is 22.3 Å². The molecule has 2 rings (SSSR count). The molecular formula is C14H12FNO2S. The molecule has 0 aliphatic rings. The van der Waals surface area contributed by atoms with E-state index in [0.717, 1.165) is 5.56 Å². The third-order valence-corrected chi connectivity index (χ3v) is 2.85. The predicted octanol–water partition coefficient (Wildman–Crippen LogP) is 3.33. The highest BCUT2D eigenvalue weighted by molar-refractivity contribution is 7.81. The van der Waals surface area contributed by atoms with Gasteiger partial charge in [-0.3, -0.25) is 0 Å². The Labute approximate surface area is 115 Å². The highest BCUT2D eigenvalue weighted by atomic mass is 32.1. The van der Waals surface area contributed by atoms with Gasteiger partial charge in [-0.2, -0.15) is 0 Å². The second-order valence-electron chi connectivity index (χ2n) is 4.17. The van der Waals surface area contributed by atoms with Gasteiger partial charge in [0, 0.05) is 11.8 Å². The summed E-state index contributed by atoms with van der Waals surface area (Å²) in [4.78, 5) is 0.252. The van der Waals surface area contributed by atoms with Crippen molar-refractivity contribution in [2.75, 3.05) is 5.32 Å². The van der Waals surface area contributed by atoms with E-state index in [1.807, 2.05) is 0 Å².